The molecule has 1 aliphatic rings. The van der Waals surface area contributed by atoms with Gasteiger partial charge in [-0.05, 0) is 42.9 Å². The Kier molecular flexibility index (Phi) is 5.01. The number of benzene rings is 1. The van der Waals surface area contributed by atoms with Crippen LogP contribution in [0.4, 0.5) is 0 Å². The van der Waals surface area contributed by atoms with Gasteiger partial charge in [0.25, 0.3) is 11.6 Å². The van der Waals surface area contributed by atoms with Crippen molar-refractivity contribution in [2.45, 2.75) is 46.1 Å². The molecule has 3 rings (SSSR count). The number of aryl methyl sites for hydroxylation is 3. The molecule has 0 fully saturated rings. The molecular formula is C16H21BrN4O. The molecule has 0 unspecified atom stereocenters. The van der Waals surface area contributed by atoms with Gasteiger partial charge < -0.3 is 17.0 Å². The summed E-state index contributed by atoms with van der Waals surface area (Å²) in [6, 6.07) is 6.10. The zero-order chi connectivity index (χ0) is 15.0. The highest BCUT2D eigenvalue weighted by atomic mass is 79.9. The number of nitrogen functional groups attached to an aromatic ring is 1. The summed E-state index contributed by atoms with van der Waals surface area (Å²) in [6.07, 6.45) is 4.69. The van der Waals surface area contributed by atoms with E-state index < -0.39 is 0 Å². The first-order valence-electron chi connectivity index (χ1n) is 7.42. The van der Waals surface area contributed by atoms with Gasteiger partial charge in [-0.15, -0.1) is 9.36 Å². The van der Waals surface area contributed by atoms with Crippen molar-refractivity contribution in [3.8, 4) is 0 Å². The molecule has 1 aliphatic carbocycles. The summed E-state index contributed by atoms with van der Waals surface area (Å²) < 4.78 is 3.16. The third kappa shape index (κ3) is 3.06. The van der Waals surface area contributed by atoms with E-state index in [0.717, 1.165) is 24.2 Å². The quantitative estimate of drug-likeness (QED) is 0.399. The van der Waals surface area contributed by atoms with Crippen LogP contribution in [0.25, 0.3) is 0 Å². The molecule has 118 valence electrons. The fourth-order valence-electron chi connectivity index (χ4n) is 2.94. The molecule has 0 saturated heterocycles. The van der Waals surface area contributed by atoms with Crippen LogP contribution >= 0.6 is 0 Å². The number of carbonyl (C=O) groups is 1. The van der Waals surface area contributed by atoms with Crippen molar-refractivity contribution in [2.24, 2.45) is 0 Å². The molecule has 0 spiro atoms. The molecule has 0 aliphatic heterocycles. The van der Waals surface area contributed by atoms with Crippen molar-refractivity contribution in [3.05, 3.63) is 46.5 Å². The van der Waals surface area contributed by atoms with Crippen LogP contribution in [0.3, 0.4) is 0 Å². The molecule has 2 aromatic rings. The minimum Gasteiger partial charge on any atom is -1.00 e. The molecule has 6 heteroatoms. The van der Waals surface area contributed by atoms with Crippen molar-refractivity contribution >= 4 is 5.78 Å². The van der Waals surface area contributed by atoms with Crippen molar-refractivity contribution in [1.82, 2.24) is 9.78 Å². The lowest BCUT2D eigenvalue weighted by Crippen LogP contribution is -3.00. The minimum absolute atomic E-state index is 0. The van der Waals surface area contributed by atoms with Crippen LogP contribution in [0.15, 0.2) is 18.2 Å². The second-order valence-electron chi connectivity index (χ2n) is 5.74. The Labute approximate surface area is 140 Å². The first-order valence-corrected chi connectivity index (χ1v) is 7.42. The van der Waals surface area contributed by atoms with Crippen LogP contribution in [0.2, 0.25) is 0 Å². The fraction of sp³-hybridized carbons (Fsp3) is 0.438. The van der Waals surface area contributed by atoms with Crippen molar-refractivity contribution < 1.29 is 26.5 Å². The van der Waals surface area contributed by atoms with Crippen LogP contribution in [0, 0.1) is 13.8 Å². The molecule has 1 aromatic heterocycles. The van der Waals surface area contributed by atoms with E-state index >= 15 is 0 Å². The van der Waals surface area contributed by atoms with E-state index in [1.807, 2.05) is 19.9 Å². The number of aromatic nitrogens is 3. The Bertz CT molecular complexity index is 708. The van der Waals surface area contributed by atoms with E-state index in [4.69, 9.17) is 5.84 Å². The van der Waals surface area contributed by atoms with E-state index in [2.05, 4.69) is 17.2 Å². The van der Waals surface area contributed by atoms with Crippen LogP contribution in [-0.2, 0) is 19.4 Å². The second-order valence-corrected chi connectivity index (χ2v) is 5.74. The Balaban J connectivity index is 0.00000176. The number of rotatable bonds is 3. The summed E-state index contributed by atoms with van der Waals surface area (Å²) >= 11 is 0. The topological polar surface area (TPSA) is 64.8 Å². The molecule has 0 radical (unpaired) electrons. The number of nitrogens with two attached hydrogens (primary N) is 1. The molecular weight excluding hydrogens is 344 g/mol. The Morgan fingerprint density at radius 1 is 1.27 bits per heavy atom. The van der Waals surface area contributed by atoms with E-state index in [1.54, 1.807) is 4.68 Å². The van der Waals surface area contributed by atoms with Gasteiger partial charge >= 0.3 is 0 Å². The lowest BCUT2D eigenvalue weighted by Gasteiger charge is -2.15. The lowest BCUT2D eigenvalue weighted by atomic mass is 9.90. The Morgan fingerprint density at radius 3 is 2.59 bits per heavy atom. The number of carbonyl (C=O) groups excluding carboxylic acids is 1. The maximum Gasteiger partial charge on any atom is 0.295 e. The highest BCUT2D eigenvalue weighted by molar-refractivity contribution is 5.96. The largest absolute Gasteiger partial charge is 1.00 e. The molecule has 0 atom stereocenters. The van der Waals surface area contributed by atoms with Gasteiger partial charge in [-0.3, -0.25) is 10.6 Å². The van der Waals surface area contributed by atoms with E-state index in [-0.39, 0.29) is 29.3 Å². The predicted octanol–water partition coefficient (Wildman–Crippen LogP) is -1.73. The zero-order valence-electron chi connectivity index (χ0n) is 13.0. The molecule has 0 saturated carbocycles. The number of hydrogen-bond acceptors (Lipinski definition) is 3. The molecule has 0 bridgehead atoms. The van der Waals surface area contributed by atoms with Crippen LogP contribution in [0.5, 0.6) is 0 Å². The molecule has 1 aromatic carbocycles. The second kappa shape index (κ2) is 6.60. The number of fused-ring (bicyclic) bond motifs is 1. The van der Waals surface area contributed by atoms with Crippen molar-refractivity contribution in [1.29, 1.82) is 0 Å². The van der Waals surface area contributed by atoms with E-state index in [0.29, 0.717) is 5.82 Å². The highest BCUT2D eigenvalue weighted by Gasteiger charge is 2.21. The molecule has 22 heavy (non-hydrogen) atoms. The molecule has 1 heterocycles. The van der Waals surface area contributed by atoms with E-state index in [1.165, 1.54) is 28.6 Å². The standard InChI is InChI=1S/C16H21N4O.BrH/c1-11-18-19(12(2)20(11)17)10-16(21)15-8-7-13-5-3-4-6-14(13)9-15;/h7-9H,3-6,10,17H2,1-2H3;1H/q+1;/p-1. The Hall–Kier alpha value is -1.69. The first kappa shape index (κ1) is 16.7. The fourth-order valence-corrected chi connectivity index (χ4v) is 2.94. The summed E-state index contributed by atoms with van der Waals surface area (Å²) in [7, 11) is 0. The van der Waals surface area contributed by atoms with Gasteiger partial charge in [0.05, 0.1) is 0 Å². The highest BCUT2D eigenvalue weighted by Crippen LogP contribution is 2.22. The Morgan fingerprint density at radius 2 is 1.95 bits per heavy atom. The first-order chi connectivity index (χ1) is 10.1. The van der Waals surface area contributed by atoms with Crippen LogP contribution < -0.4 is 27.5 Å². The van der Waals surface area contributed by atoms with E-state index in [9.17, 15) is 4.79 Å². The lowest BCUT2D eigenvalue weighted by molar-refractivity contribution is -0.652. The predicted molar refractivity (Wildman–Crippen MR) is 79.5 cm³/mol. The average molecular weight is 365 g/mol. The summed E-state index contributed by atoms with van der Waals surface area (Å²) in [5.41, 5.74) is 3.49. The summed E-state index contributed by atoms with van der Waals surface area (Å²) in [5, 5.41) is 4.30. The summed E-state index contributed by atoms with van der Waals surface area (Å²) in [5.74, 6) is 7.38. The van der Waals surface area contributed by atoms with Gasteiger partial charge in [-0.25, -0.2) is 0 Å². The molecule has 5 nitrogen and oxygen atoms in total. The summed E-state index contributed by atoms with van der Waals surface area (Å²) in [4.78, 5) is 12.5. The molecule has 0 amide bonds. The monoisotopic (exact) mass is 364 g/mol. The van der Waals surface area contributed by atoms with Gasteiger partial charge in [0.1, 0.15) is 0 Å². The van der Waals surface area contributed by atoms with Crippen molar-refractivity contribution in [2.75, 3.05) is 5.84 Å². The van der Waals surface area contributed by atoms with Gasteiger partial charge in [0, 0.05) is 24.5 Å². The number of halogens is 1. The number of hydrogen-bond donors (Lipinski definition) is 1. The third-order valence-electron chi connectivity index (χ3n) is 4.30. The van der Waals surface area contributed by atoms with Gasteiger partial charge in [-0.2, -0.15) is 0 Å². The van der Waals surface area contributed by atoms with Crippen molar-refractivity contribution in [3.63, 3.8) is 0 Å². The number of ketones is 1. The average Bonchev–Trinajstić information content (AvgIpc) is 2.74. The smallest absolute Gasteiger partial charge is 0.295 e. The maximum atomic E-state index is 12.5. The zero-order valence-corrected chi connectivity index (χ0v) is 14.6. The SMILES string of the molecule is Cc1nn(CC(=O)c2ccc3c(c2)CCCC3)c(C)[n+]1N.[Br-]. The third-order valence-corrected chi connectivity index (χ3v) is 4.30. The van der Waals surface area contributed by atoms with Crippen LogP contribution in [0.1, 0.15) is 46.0 Å². The van der Waals surface area contributed by atoms with Gasteiger partial charge in [-0.1, -0.05) is 12.1 Å². The van der Waals surface area contributed by atoms with Gasteiger partial charge in [0.2, 0.25) is 0 Å². The molecule has 2 N–H and O–H groups in total. The van der Waals surface area contributed by atoms with Gasteiger partial charge in [0.15, 0.2) is 12.3 Å². The number of nitrogens with zero attached hydrogens (tertiary/aromatic N) is 3. The normalized spacial score (nSPS) is 13.4. The maximum absolute atomic E-state index is 12.5. The summed E-state index contributed by atoms with van der Waals surface area (Å²) in [6.45, 7) is 3.92. The number of Topliss-reactive ketones (excluding diaryl/α,β-unsaturated/α-hetero) is 1. The van der Waals surface area contributed by atoms with Crippen LogP contribution in [-0.4, -0.2) is 15.6 Å². The minimum atomic E-state index is 0.